The standard InChI is InChI=1S/C12H14N4O4/c1-19-8-4-2-7(3-5-8)6-9(14-12(17)18)10-15-11(13)20-16-10/h2-5,9,14H,6H2,1H3,(H,17,18)(H2,13,15,16)/t9-/m0/s1. The van der Waals surface area contributed by atoms with Crippen LogP contribution in [-0.2, 0) is 6.42 Å². The minimum absolute atomic E-state index is 0.105. The van der Waals surface area contributed by atoms with Gasteiger partial charge in [-0.2, -0.15) is 4.98 Å². The van der Waals surface area contributed by atoms with Crippen molar-refractivity contribution < 1.29 is 19.2 Å². The maximum absolute atomic E-state index is 10.8. The zero-order valence-electron chi connectivity index (χ0n) is 10.7. The lowest BCUT2D eigenvalue weighted by Crippen LogP contribution is -2.29. The van der Waals surface area contributed by atoms with Crippen molar-refractivity contribution in [1.82, 2.24) is 15.5 Å². The highest BCUT2D eigenvalue weighted by molar-refractivity contribution is 5.65. The molecule has 0 aliphatic heterocycles. The molecule has 1 atom stereocenters. The molecule has 0 radical (unpaired) electrons. The summed E-state index contributed by atoms with van der Waals surface area (Å²) in [6, 6.07) is 6.50. The highest BCUT2D eigenvalue weighted by atomic mass is 16.5. The molecule has 106 valence electrons. The molecule has 1 heterocycles. The molecule has 0 saturated heterocycles. The van der Waals surface area contributed by atoms with E-state index in [4.69, 9.17) is 15.6 Å². The monoisotopic (exact) mass is 278 g/mol. The number of carboxylic acid groups (broad SMARTS) is 1. The Kier molecular flexibility index (Phi) is 4.04. The first-order chi connectivity index (χ1) is 9.58. The number of carbonyl (C=O) groups is 1. The summed E-state index contributed by atoms with van der Waals surface area (Å²) < 4.78 is 9.73. The Bertz CT molecular complexity index is 581. The van der Waals surface area contributed by atoms with Gasteiger partial charge in [0.25, 0.3) is 0 Å². The number of amides is 1. The number of nitrogens with one attached hydrogen (secondary N) is 1. The second-order valence-electron chi connectivity index (χ2n) is 4.05. The predicted octanol–water partition coefficient (Wildman–Crippen LogP) is 1.21. The van der Waals surface area contributed by atoms with Gasteiger partial charge in [-0.05, 0) is 17.7 Å². The summed E-state index contributed by atoms with van der Waals surface area (Å²) >= 11 is 0. The van der Waals surface area contributed by atoms with Crippen molar-refractivity contribution in [2.45, 2.75) is 12.5 Å². The smallest absolute Gasteiger partial charge is 0.405 e. The Hall–Kier alpha value is -2.77. The summed E-state index contributed by atoms with van der Waals surface area (Å²) in [6.07, 6.45) is -0.804. The van der Waals surface area contributed by atoms with Gasteiger partial charge < -0.3 is 25.4 Å². The number of nitrogen functional groups attached to an aromatic ring is 1. The molecule has 2 aromatic rings. The Morgan fingerprint density at radius 1 is 1.50 bits per heavy atom. The maximum atomic E-state index is 10.8. The van der Waals surface area contributed by atoms with E-state index in [9.17, 15) is 4.79 Å². The zero-order valence-corrected chi connectivity index (χ0v) is 10.7. The van der Waals surface area contributed by atoms with Crippen LogP contribution < -0.4 is 15.8 Å². The molecule has 2 rings (SSSR count). The third-order valence-electron chi connectivity index (χ3n) is 2.67. The second-order valence-corrected chi connectivity index (χ2v) is 4.05. The van der Waals surface area contributed by atoms with Gasteiger partial charge in [0.15, 0.2) is 5.82 Å². The topological polar surface area (TPSA) is 124 Å². The van der Waals surface area contributed by atoms with Crippen molar-refractivity contribution >= 4 is 12.1 Å². The summed E-state index contributed by atoms with van der Waals surface area (Å²) in [7, 11) is 1.58. The van der Waals surface area contributed by atoms with E-state index in [1.807, 2.05) is 12.1 Å². The predicted molar refractivity (Wildman–Crippen MR) is 69.3 cm³/mol. The van der Waals surface area contributed by atoms with Crippen LogP contribution in [0, 0.1) is 0 Å². The fourth-order valence-corrected chi connectivity index (χ4v) is 1.74. The van der Waals surface area contributed by atoms with E-state index < -0.39 is 12.1 Å². The number of nitrogens with zero attached hydrogens (tertiary/aromatic N) is 2. The molecule has 20 heavy (non-hydrogen) atoms. The van der Waals surface area contributed by atoms with Crippen LogP contribution in [0.2, 0.25) is 0 Å². The van der Waals surface area contributed by atoms with Crippen molar-refractivity contribution in [2.75, 3.05) is 12.8 Å². The van der Waals surface area contributed by atoms with Gasteiger partial charge in [-0.1, -0.05) is 17.3 Å². The van der Waals surface area contributed by atoms with Crippen molar-refractivity contribution in [1.29, 1.82) is 0 Å². The Morgan fingerprint density at radius 3 is 2.70 bits per heavy atom. The SMILES string of the molecule is COc1ccc(C[C@H](NC(=O)O)c2noc(N)n2)cc1. The maximum Gasteiger partial charge on any atom is 0.405 e. The van der Waals surface area contributed by atoms with E-state index in [2.05, 4.69) is 20.0 Å². The van der Waals surface area contributed by atoms with Crippen molar-refractivity contribution in [3.8, 4) is 5.75 Å². The zero-order chi connectivity index (χ0) is 14.5. The molecule has 0 unspecified atom stereocenters. The summed E-state index contributed by atoms with van der Waals surface area (Å²) in [5, 5.41) is 14.8. The Balaban J connectivity index is 2.16. The lowest BCUT2D eigenvalue weighted by Gasteiger charge is -2.13. The van der Waals surface area contributed by atoms with Crippen molar-refractivity contribution in [3.05, 3.63) is 35.7 Å². The number of methoxy groups -OCH3 is 1. The molecule has 1 aromatic heterocycles. The average Bonchev–Trinajstić information content (AvgIpc) is 2.85. The largest absolute Gasteiger partial charge is 0.497 e. The number of hydrogen-bond donors (Lipinski definition) is 3. The van der Waals surface area contributed by atoms with Crippen molar-refractivity contribution in [2.24, 2.45) is 0 Å². The Labute approximate surface area is 114 Å². The molecule has 0 aliphatic rings. The van der Waals surface area contributed by atoms with Crippen LogP contribution in [0.1, 0.15) is 17.4 Å². The van der Waals surface area contributed by atoms with Crippen LogP contribution in [-0.4, -0.2) is 28.5 Å². The quantitative estimate of drug-likeness (QED) is 0.750. The highest BCUT2D eigenvalue weighted by Crippen LogP contribution is 2.19. The minimum atomic E-state index is -1.17. The van der Waals surface area contributed by atoms with Gasteiger partial charge in [-0.3, -0.25) is 0 Å². The molecule has 0 bridgehead atoms. The van der Waals surface area contributed by atoms with Gasteiger partial charge in [0.05, 0.1) is 13.2 Å². The minimum Gasteiger partial charge on any atom is -0.497 e. The average molecular weight is 278 g/mol. The number of ether oxygens (including phenoxy) is 1. The number of rotatable bonds is 5. The van der Waals surface area contributed by atoms with E-state index >= 15 is 0 Å². The molecule has 0 fully saturated rings. The first-order valence-corrected chi connectivity index (χ1v) is 5.80. The van der Waals surface area contributed by atoms with Gasteiger partial charge in [-0.15, -0.1) is 0 Å². The van der Waals surface area contributed by atoms with E-state index in [0.29, 0.717) is 6.42 Å². The third-order valence-corrected chi connectivity index (χ3v) is 2.67. The molecule has 8 nitrogen and oxygen atoms in total. The van der Waals surface area contributed by atoms with Gasteiger partial charge in [0.1, 0.15) is 5.75 Å². The van der Waals surface area contributed by atoms with Crippen molar-refractivity contribution in [3.63, 3.8) is 0 Å². The number of hydrogen-bond acceptors (Lipinski definition) is 6. The molecule has 0 aliphatic carbocycles. The third kappa shape index (κ3) is 3.37. The summed E-state index contributed by atoms with van der Waals surface area (Å²) in [5.74, 6) is 0.918. The molecular formula is C12H14N4O4. The molecule has 8 heteroatoms. The van der Waals surface area contributed by atoms with Crippen LogP contribution in [0.3, 0.4) is 0 Å². The number of anilines is 1. The molecular weight excluding hydrogens is 264 g/mol. The summed E-state index contributed by atoms with van der Waals surface area (Å²) in [4.78, 5) is 14.7. The first-order valence-electron chi connectivity index (χ1n) is 5.80. The number of aromatic nitrogens is 2. The molecule has 0 saturated carbocycles. The van der Waals surface area contributed by atoms with E-state index in [-0.39, 0.29) is 11.8 Å². The van der Waals surface area contributed by atoms with E-state index in [1.165, 1.54) is 0 Å². The Morgan fingerprint density at radius 2 is 2.20 bits per heavy atom. The van der Waals surface area contributed by atoms with Crippen LogP contribution in [0.4, 0.5) is 10.8 Å². The fraction of sp³-hybridized carbons (Fsp3) is 0.250. The van der Waals surface area contributed by atoms with Crippen LogP contribution in [0.5, 0.6) is 5.75 Å². The summed E-state index contributed by atoms with van der Waals surface area (Å²) in [5.41, 5.74) is 6.24. The van der Waals surface area contributed by atoms with Gasteiger partial charge in [0, 0.05) is 6.42 Å². The van der Waals surface area contributed by atoms with Gasteiger partial charge in [-0.25, -0.2) is 4.79 Å². The van der Waals surface area contributed by atoms with Crippen LogP contribution >= 0.6 is 0 Å². The molecule has 1 amide bonds. The first kappa shape index (κ1) is 13.7. The van der Waals surface area contributed by atoms with E-state index in [0.717, 1.165) is 11.3 Å². The molecule has 0 spiro atoms. The normalized spacial score (nSPS) is 11.8. The van der Waals surface area contributed by atoms with E-state index in [1.54, 1.807) is 19.2 Å². The van der Waals surface area contributed by atoms with Crippen LogP contribution in [0.15, 0.2) is 28.8 Å². The lowest BCUT2D eigenvalue weighted by molar-refractivity contribution is 0.189. The number of benzene rings is 1. The lowest BCUT2D eigenvalue weighted by atomic mass is 10.1. The fourth-order valence-electron chi connectivity index (χ4n) is 1.74. The van der Waals surface area contributed by atoms with Gasteiger partial charge in [0.2, 0.25) is 0 Å². The van der Waals surface area contributed by atoms with Crippen LogP contribution in [0.25, 0.3) is 0 Å². The van der Waals surface area contributed by atoms with Gasteiger partial charge >= 0.3 is 12.1 Å². The molecule has 1 aromatic carbocycles. The second kappa shape index (κ2) is 5.91. The number of nitrogens with two attached hydrogens (primary N) is 1. The summed E-state index contributed by atoms with van der Waals surface area (Å²) in [6.45, 7) is 0. The highest BCUT2D eigenvalue weighted by Gasteiger charge is 2.20. The molecule has 4 N–H and O–H groups in total.